The Kier molecular flexibility index (Phi) is 4.28. The van der Waals surface area contributed by atoms with Crippen molar-refractivity contribution in [3.05, 3.63) is 10.6 Å². The van der Waals surface area contributed by atoms with E-state index in [1.807, 2.05) is 11.3 Å². The summed E-state index contributed by atoms with van der Waals surface area (Å²) < 4.78 is 0. The molecule has 0 aromatic carbocycles. The smallest absolute Gasteiger partial charge is 0.186 e. The van der Waals surface area contributed by atoms with Gasteiger partial charge in [0, 0.05) is 23.5 Å². The van der Waals surface area contributed by atoms with E-state index in [2.05, 4.69) is 38.0 Å². The van der Waals surface area contributed by atoms with Gasteiger partial charge >= 0.3 is 0 Å². The quantitative estimate of drug-likeness (QED) is 0.906. The second kappa shape index (κ2) is 5.88. The molecule has 0 aliphatic heterocycles. The van der Waals surface area contributed by atoms with Crippen LogP contribution in [0.2, 0.25) is 0 Å². The summed E-state index contributed by atoms with van der Waals surface area (Å²) >= 11 is 1.94. The van der Waals surface area contributed by atoms with E-state index in [1.54, 1.807) is 0 Å². The van der Waals surface area contributed by atoms with Crippen LogP contribution in [0.1, 0.15) is 69.5 Å². The van der Waals surface area contributed by atoms with Crippen molar-refractivity contribution in [2.75, 3.05) is 18.5 Å². The molecule has 0 saturated heterocycles. The molecule has 3 nitrogen and oxygen atoms in total. The molecule has 1 saturated carbocycles. The van der Waals surface area contributed by atoms with Gasteiger partial charge in [0.1, 0.15) is 0 Å². The average Bonchev–Trinajstić information content (AvgIpc) is 3.07. The minimum atomic E-state index is 0.358. The van der Waals surface area contributed by atoms with Gasteiger partial charge in [0.05, 0.1) is 5.69 Å². The Balaban J connectivity index is 1.90. The number of aromatic nitrogens is 1. The molecular formula is C17H29N3S. The second-order valence-electron chi connectivity index (χ2n) is 7.42. The zero-order valence-corrected chi connectivity index (χ0v) is 14.7. The fourth-order valence-corrected chi connectivity index (χ4v) is 5.37. The minimum Gasteiger partial charge on any atom is -0.345 e. The van der Waals surface area contributed by atoms with Crippen molar-refractivity contribution in [3.8, 4) is 0 Å². The highest BCUT2D eigenvalue weighted by atomic mass is 32.1. The van der Waals surface area contributed by atoms with Crippen molar-refractivity contribution in [2.45, 2.75) is 71.4 Å². The van der Waals surface area contributed by atoms with E-state index >= 15 is 0 Å². The van der Waals surface area contributed by atoms with Crippen LogP contribution in [0.5, 0.6) is 0 Å². The normalized spacial score (nSPS) is 25.0. The summed E-state index contributed by atoms with van der Waals surface area (Å²) in [6, 6.07) is 1.21. The number of fused-ring (bicyclic) bond motifs is 1. The number of hydrogen-bond donors (Lipinski definition) is 1. The molecule has 1 unspecified atom stereocenters. The summed E-state index contributed by atoms with van der Waals surface area (Å²) in [7, 11) is 2.09. The highest BCUT2D eigenvalue weighted by Gasteiger charge is 2.35. The molecular weight excluding hydrogens is 278 g/mol. The summed E-state index contributed by atoms with van der Waals surface area (Å²) in [6.45, 7) is 8.10. The van der Waals surface area contributed by atoms with Crippen LogP contribution in [0.4, 0.5) is 5.13 Å². The van der Waals surface area contributed by atoms with E-state index in [0.29, 0.717) is 11.5 Å². The molecule has 0 amide bonds. The first-order chi connectivity index (χ1) is 10.0. The van der Waals surface area contributed by atoms with Crippen LogP contribution in [0.25, 0.3) is 0 Å². The van der Waals surface area contributed by atoms with Crippen LogP contribution in [-0.2, 0) is 6.42 Å². The van der Waals surface area contributed by atoms with Crippen LogP contribution in [-0.4, -0.2) is 24.6 Å². The van der Waals surface area contributed by atoms with Gasteiger partial charge < -0.3 is 10.2 Å². The van der Waals surface area contributed by atoms with Gasteiger partial charge in [-0.05, 0) is 45.1 Å². The number of anilines is 1. The van der Waals surface area contributed by atoms with E-state index in [9.17, 15) is 0 Å². The van der Waals surface area contributed by atoms with Gasteiger partial charge in [-0.1, -0.05) is 38.0 Å². The van der Waals surface area contributed by atoms with Crippen LogP contribution >= 0.6 is 11.3 Å². The zero-order chi connectivity index (χ0) is 15.0. The van der Waals surface area contributed by atoms with E-state index in [1.165, 1.54) is 47.8 Å². The van der Waals surface area contributed by atoms with E-state index < -0.39 is 0 Å². The zero-order valence-electron chi connectivity index (χ0n) is 13.9. The lowest BCUT2D eigenvalue weighted by atomic mass is 9.76. The van der Waals surface area contributed by atoms with Gasteiger partial charge in [-0.2, -0.15) is 0 Å². The second-order valence-corrected chi connectivity index (χ2v) is 8.43. The summed E-state index contributed by atoms with van der Waals surface area (Å²) in [5.74, 6) is 0. The Labute approximate surface area is 133 Å². The maximum absolute atomic E-state index is 5.06. The van der Waals surface area contributed by atoms with Crippen molar-refractivity contribution in [2.24, 2.45) is 5.41 Å². The SMILES string of the molecule is CCN(c1nc2c(s1)C(NC)CC(C)(C)C2)C1CCCC1. The summed E-state index contributed by atoms with van der Waals surface area (Å²) in [4.78, 5) is 9.12. The lowest BCUT2D eigenvalue weighted by Crippen LogP contribution is -2.33. The van der Waals surface area contributed by atoms with Gasteiger partial charge in [0.15, 0.2) is 5.13 Å². The molecule has 1 aromatic heterocycles. The highest BCUT2D eigenvalue weighted by molar-refractivity contribution is 7.15. The molecule has 4 heteroatoms. The third-order valence-electron chi connectivity index (χ3n) is 5.14. The first kappa shape index (κ1) is 15.3. The van der Waals surface area contributed by atoms with Gasteiger partial charge in [-0.3, -0.25) is 0 Å². The van der Waals surface area contributed by atoms with Gasteiger partial charge in [0.2, 0.25) is 0 Å². The van der Waals surface area contributed by atoms with E-state index in [0.717, 1.165) is 19.0 Å². The van der Waals surface area contributed by atoms with Crippen LogP contribution in [0.3, 0.4) is 0 Å². The van der Waals surface area contributed by atoms with Crippen LogP contribution < -0.4 is 10.2 Å². The van der Waals surface area contributed by atoms with Gasteiger partial charge in [-0.25, -0.2) is 4.98 Å². The standard InChI is InChI=1S/C17H29N3S/c1-5-20(12-8-6-7-9-12)16-19-14-11-17(2,3)10-13(18-4)15(14)21-16/h12-13,18H,5-11H2,1-4H3. The highest BCUT2D eigenvalue weighted by Crippen LogP contribution is 2.45. The molecule has 1 heterocycles. The summed E-state index contributed by atoms with van der Waals surface area (Å²) in [5, 5.41) is 4.78. The molecule has 0 radical (unpaired) electrons. The monoisotopic (exact) mass is 307 g/mol. The lowest BCUT2D eigenvalue weighted by molar-refractivity contribution is 0.265. The van der Waals surface area contributed by atoms with Crippen molar-refractivity contribution in [1.82, 2.24) is 10.3 Å². The molecule has 1 N–H and O–H groups in total. The molecule has 0 bridgehead atoms. The van der Waals surface area contributed by atoms with E-state index in [4.69, 9.17) is 4.98 Å². The number of nitrogens with one attached hydrogen (secondary N) is 1. The van der Waals surface area contributed by atoms with Crippen molar-refractivity contribution < 1.29 is 0 Å². The first-order valence-electron chi connectivity index (χ1n) is 8.47. The van der Waals surface area contributed by atoms with Gasteiger partial charge in [-0.15, -0.1) is 0 Å². The third-order valence-corrected chi connectivity index (χ3v) is 6.38. The molecule has 1 fully saturated rings. The topological polar surface area (TPSA) is 28.2 Å². The molecule has 1 atom stereocenters. The van der Waals surface area contributed by atoms with Crippen molar-refractivity contribution >= 4 is 16.5 Å². The number of nitrogens with zero attached hydrogens (tertiary/aromatic N) is 2. The molecule has 0 spiro atoms. The van der Waals surface area contributed by atoms with Crippen LogP contribution in [0.15, 0.2) is 0 Å². The molecule has 1 aromatic rings. The fraction of sp³-hybridized carbons (Fsp3) is 0.824. The average molecular weight is 308 g/mol. The lowest BCUT2D eigenvalue weighted by Gasteiger charge is -2.34. The third kappa shape index (κ3) is 2.98. The molecule has 21 heavy (non-hydrogen) atoms. The van der Waals surface area contributed by atoms with Gasteiger partial charge in [0.25, 0.3) is 0 Å². The Morgan fingerprint density at radius 2 is 2.05 bits per heavy atom. The summed E-state index contributed by atoms with van der Waals surface area (Å²) in [5.41, 5.74) is 1.71. The number of rotatable bonds is 4. The fourth-order valence-electron chi connectivity index (χ4n) is 4.04. The first-order valence-corrected chi connectivity index (χ1v) is 9.29. The minimum absolute atomic E-state index is 0.358. The largest absolute Gasteiger partial charge is 0.345 e. The predicted molar refractivity (Wildman–Crippen MR) is 91.3 cm³/mol. The number of thiazole rings is 1. The Morgan fingerprint density at radius 3 is 2.67 bits per heavy atom. The number of hydrogen-bond acceptors (Lipinski definition) is 4. The molecule has 2 aliphatic rings. The molecule has 118 valence electrons. The maximum atomic E-state index is 5.06. The molecule has 2 aliphatic carbocycles. The Morgan fingerprint density at radius 1 is 1.33 bits per heavy atom. The van der Waals surface area contributed by atoms with Crippen molar-refractivity contribution in [3.63, 3.8) is 0 Å². The maximum Gasteiger partial charge on any atom is 0.186 e. The van der Waals surface area contributed by atoms with Crippen LogP contribution in [0, 0.1) is 5.41 Å². The molecule has 3 rings (SSSR count). The predicted octanol–water partition coefficient (Wildman–Crippen LogP) is 4.14. The Hall–Kier alpha value is -0.610. The Bertz CT molecular complexity index is 488. The van der Waals surface area contributed by atoms with E-state index in [-0.39, 0.29) is 0 Å². The van der Waals surface area contributed by atoms with Crippen molar-refractivity contribution in [1.29, 1.82) is 0 Å². The summed E-state index contributed by atoms with van der Waals surface area (Å²) in [6.07, 6.45) is 7.81.